The Balaban J connectivity index is 1.96. The van der Waals surface area contributed by atoms with Crippen LogP contribution in [0.5, 0.6) is 0 Å². The lowest BCUT2D eigenvalue weighted by atomic mass is 10.2. The van der Waals surface area contributed by atoms with Gasteiger partial charge in [-0.2, -0.15) is 0 Å². The second-order valence-corrected chi connectivity index (χ2v) is 3.52. The topological polar surface area (TPSA) is 46.4 Å². The molecule has 15 heavy (non-hydrogen) atoms. The van der Waals surface area contributed by atoms with E-state index in [1.165, 1.54) is 4.90 Å². The first kappa shape index (κ1) is 9.71. The first-order chi connectivity index (χ1) is 7.18. The minimum absolute atomic E-state index is 0.195. The summed E-state index contributed by atoms with van der Waals surface area (Å²) < 4.78 is 4.68. The van der Waals surface area contributed by atoms with Crippen LogP contribution in [0.3, 0.4) is 0 Å². The summed E-state index contributed by atoms with van der Waals surface area (Å²) >= 11 is 0. The molecule has 0 bridgehead atoms. The van der Waals surface area contributed by atoms with E-state index in [2.05, 4.69) is 4.74 Å². The fourth-order valence-electron chi connectivity index (χ4n) is 1.26. The van der Waals surface area contributed by atoms with Gasteiger partial charge in [0.05, 0.1) is 11.6 Å². The predicted molar refractivity (Wildman–Crippen MR) is 53.4 cm³/mol. The Morgan fingerprint density at radius 1 is 1.33 bits per heavy atom. The van der Waals surface area contributed by atoms with Crippen LogP contribution in [0, 0.1) is 0 Å². The molecule has 0 aliphatic carbocycles. The zero-order chi connectivity index (χ0) is 10.8. The maximum atomic E-state index is 11.4. The van der Waals surface area contributed by atoms with Gasteiger partial charge in [0.2, 0.25) is 0 Å². The van der Waals surface area contributed by atoms with Crippen LogP contribution in [0.2, 0.25) is 0 Å². The zero-order valence-electron chi connectivity index (χ0n) is 8.34. The normalized spacial score (nSPS) is 18.5. The van der Waals surface area contributed by atoms with E-state index >= 15 is 0 Å². The van der Waals surface area contributed by atoms with Gasteiger partial charge in [0.25, 0.3) is 0 Å². The number of rotatable bonds is 1. The van der Waals surface area contributed by atoms with Gasteiger partial charge < -0.3 is 9.64 Å². The monoisotopic (exact) mass is 205 g/mol. The lowest BCUT2D eigenvalue weighted by Crippen LogP contribution is -2.19. The van der Waals surface area contributed by atoms with E-state index < -0.39 is 12.1 Å². The third-order valence-electron chi connectivity index (χ3n) is 2.28. The molecular formula is C11H11NO3. The molecule has 78 valence electrons. The summed E-state index contributed by atoms with van der Waals surface area (Å²) in [5.41, 5.74) is 0.389. The van der Waals surface area contributed by atoms with E-state index in [9.17, 15) is 9.59 Å². The number of ether oxygens (including phenoxy) is 1. The molecular weight excluding hydrogens is 194 g/mol. The smallest absolute Gasteiger partial charge is 0.372 e. The summed E-state index contributed by atoms with van der Waals surface area (Å²) in [5.74, 6) is -0.598. The first-order valence-electron chi connectivity index (χ1n) is 4.76. The molecule has 1 saturated heterocycles. The van der Waals surface area contributed by atoms with E-state index in [-0.39, 0.29) is 6.04 Å². The molecule has 1 atom stereocenters. The summed E-state index contributed by atoms with van der Waals surface area (Å²) in [6, 6.07) is 8.66. The zero-order valence-corrected chi connectivity index (χ0v) is 8.34. The van der Waals surface area contributed by atoms with Gasteiger partial charge in [-0.25, -0.2) is 9.59 Å². The Morgan fingerprint density at radius 2 is 1.93 bits per heavy atom. The molecule has 1 heterocycles. The van der Waals surface area contributed by atoms with Gasteiger partial charge in [-0.3, -0.25) is 0 Å². The number of nitrogens with zero attached hydrogens (tertiary/aromatic N) is 1. The lowest BCUT2D eigenvalue weighted by Gasteiger charge is -2.03. The highest BCUT2D eigenvalue weighted by Crippen LogP contribution is 2.17. The quantitative estimate of drug-likeness (QED) is 0.398. The fraction of sp³-hybridized carbons (Fsp3) is 0.273. The van der Waals surface area contributed by atoms with E-state index in [1.807, 2.05) is 6.92 Å². The standard InChI is InChI=1S/C11H11NO3/c1-8-7-12(8)11(14)15-10(13)9-5-3-2-4-6-9/h2-6,8H,7H2,1H3. The van der Waals surface area contributed by atoms with Crippen LogP contribution in [0.25, 0.3) is 0 Å². The Labute approximate surface area is 87.4 Å². The van der Waals surface area contributed by atoms with Crippen molar-refractivity contribution in [3.05, 3.63) is 35.9 Å². The third kappa shape index (κ3) is 2.15. The molecule has 0 saturated carbocycles. The molecule has 1 aliphatic rings. The molecule has 4 heteroatoms. The van der Waals surface area contributed by atoms with Crippen molar-refractivity contribution in [2.45, 2.75) is 13.0 Å². The summed E-state index contributed by atoms with van der Waals surface area (Å²) in [6.07, 6.45) is -0.559. The Hall–Kier alpha value is -1.84. The molecule has 1 amide bonds. The van der Waals surface area contributed by atoms with Gasteiger partial charge in [0, 0.05) is 6.54 Å². The number of hydrogen-bond acceptors (Lipinski definition) is 3. The summed E-state index contributed by atoms with van der Waals surface area (Å²) in [4.78, 5) is 24.2. The number of esters is 1. The van der Waals surface area contributed by atoms with Crippen LogP contribution in [0.4, 0.5) is 4.79 Å². The Morgan fingerprint density at radius 3 is 2.47 bits per heavy atom. The molecule has 0 spiro atoms. The molecule has 2 rings (SSSR count). The second-order valence-electron chi connectivity index (χ2n) is 3.52. The molecule has 0 N–H and O–H groups in total. The van der Waals surface area contributed by atoms with Gasteiger partial charge >= 0.3 is 12.1 Å². The maximum Gasteiger partial charge on any atom is 0.418 e. The summed E-state index contributed by atoms with van der Waals surface area (Å²) in [5, 5.41) is 0. The fourth-order valence-corrected chi connectivity index (χ4v) is 1.26. The van der Waals surface area contributed by atoms with E-state index in [0.29, 0.717) is 12.1 Å². The van der Waals surface area contributed by atoms with Gasteiger partial charge in [0.15, 0.2) is 0 Å². The van der Waals surface area contributed by atoms with Gasteiger partial charge in [-0.15, -0.1) is 0 Å². The minimum Gasteiger partial charge on any atom is -0.372 e. The molecule has 1 aliphatic heterocycles. The van der Waals surface area contributed by atoms with Crippen molar-refractivity contribution in [1.82, 2.24) is 4.90 Å². The predicted octanol–water partition coefficient (Wildman–Crippen LogP) is 1.67. The molecule has 1 fully saturated rings. The van der Waals surface area contributed by atoms with Gasteiger partial charge in [-0.1, -0.05) is 18.2 Å². The van der Waals surface area contributed by atoms with Crippen molar-refractivity contribution in [3.8, 4) is 0 Å². The highest BCUT2D eigenvalue weighted by molar-refractivity contribution is 5.96. The number of benzene rings is 1. The maximum absolute atomic E-state index is 11.4. The van der Waals surface area contributed by atoms with E-state index in [4.69, 9.17) is 0 Å². The van der Waals surface area contributed by atoms with Crippen molar-refractivity contribution in [1.29, 1.82) is 0 Å². The number of carbonyl (C=O) groups is 2. The van der Waals surface area contributed by atoms with Crippen molar-refractivity contribution < 1.29 is 14.3 Å². The Kier molecular flexibility index (Phi) is 2.41. The van der Waals surface area contributed by atoms with Crippen LogP contribution >= 0.6 is 0 Å². The number of amides is 1. The highest BCUT2D eigenvalue weighted by Gasteiger charge is 2.36. The van der Waals surface area contributed by atoms with E-state index in [0.717, 1.165) is 0 Å². The van der Waals surface area contributed by atoms with Crippen molar-refractivity contribution >= 4 is 12.1 Å². The minimum atomic E-state index is -0.598. The van der Waals surface area contributed by atoms with Crippen LogP contribution in [-0.4, -0.2) is 29.5 Å². The number of carbonyl (C=O) groups excluding carboxylic acids is 2. The largest absolute Gasteiger partial charge is 0.418 e. The van der Waals surface area contributed by atoms with Gasteiger partial charge in [-0.05, 0) is 19.1 Å². The van der Waals surface area contributed by atoms with Crippen molar-refractivity contribution in [3.63, 3.8) is 0 Å². The molecule has 1 unspecified atom stereocenters. The average Bonchev–Trinajstić information content (AvgIpc) is 2.97. The number of hydrogen-bond donors (Lipinski definition) is 0. The molecule has 1 aromatic carbocycles. The van der Waals surface area contributed by atoms with Crippen LogP contribution in [0.1, 0.15) is 17.3 Å². The lowest BCUT2D eigenvalue weighted by molar-refractivity contribution is 0.0593. The Bertz CT molecular complexity index is 388. The SMILES string of the molecule is CC1CN1C(=O)OC(=O)c1ccccc1. The van der Waals surface area contributed by atoms with Crippen LogP contribution in [-0.2, 0) is 4.74 Å². The third-order valence-corrected chi connectivity index (χ3v) is 2.28. The molecule has 4 nitrogen and oxygen atoms in total. The van der Waals surface area contributed by atoms with Crippen LogP contribution < -0.4 is 0 Å². The van der Waals surface area contributed by atoms with Crippen molar-refractivity contribution in [2.75, 3.05) is 6.54 Å². The summed E-state index contributed by atoms with van der Waals surface area (Å²) in [7, 11) is 0. The van der Waals surface area contributed by atoms with Crippen molar-refractivity contribution in [2.24, 2.45) is 0 Å². The van der Waals surface area contributed by atoms with E-state index in [1.54, 1.807) is 30.3 Å². The first-order valence-corrected chi connectivity index (χ1v) is 4.76. The van der Waals surface area contributed by atoms with Gasteiger partial charge in [0.1, 0.15) is 0 Å². The highest BCUT2D eigenvalue weighted by atomic mass is 16.6. The molecule has 0 aromatic heterocycles. The van der Waals surface area contributed by atoms with Crippen LogP contribution in [0.15, 0.2) is 30.3 Å². The average molecular weight is 205 g/mol. The molecule has 0 radical (unpaired) electrons. The molecule has 1 aromatic rings. The second kappa shape index (κ2) is 3.73. The summed E-state index contributed by atoms with van der Waals surface area (Å²) in [6.45, 7) is 2.56.